The monoisotopic (exact) mass is 524 g/mol. The number of esters is 1. The summed E-state index contributed by atoms with van der Waals surface area (Å²) >= 11 is 0. The summed E-state index contributed by atoms with van der Waals surface area (Å²) < 4.78 is 36.2. The van der Waals surface area contributed by atoms with Gasteiger partial charge in [0, 0.05) is 12.3 Å². The lowest BCUT2D eigenvalue weighted by Crippen LogP contribution is -2.39. The van der Waals surface area contributed by atoms with Crippen LogP contribution in [0, 0.1) is 11.3 Å². The average molecular weight is 524 g/mol. The predicted molar refractivity (Wildman–Crippen MR) is 127 cm³/mol. The van der Waals surface area contributed by atoms with E-state index in [4.69, 9.17) is 18.5 Å². The average Bonchev–Trinajstić information content (AvgIpc) is 2.81. The quantitative estimate of drug-likeness (QED) is 0.240. The highest BCUT2D eigenvalue weighted by Crippen LogP contribution is 2.45. The van der Waals surface area contributed by atoms with Crippen LogP contribution in [0.1, 0.15) is 33.4 Å². The Morgan fingerprint density at radius 1 is 1.25 bits per heavy atom. The molecule has 36 heavy (non-hydrogen) atoms. The van der Waals surface area contributed by atoms with E-state index in [0.717, 1.165) is 16.8 Å². The molecule has 0 amide bonds. The summed E-state index contributed by atoms with van der Waals surface area (Å²) in [4.78, 5) is 37.7. The number of aromatic amines is 1. The summed E-state index contributed by atoms with van der Waals surface area (Å²) in [6.07, 6.45) is -2.78. The van der Waals surface area contributed by atoms with Gasteiger partial charge >= 0.3 is 19.4 Å². The van der Waals surface area contributed by atoms with Crippen LogP contribution < -0.4 is 20.9 Å². The fourth-order valence-electron chi connectivity index (χ4n) is 2.88. The third kappa shape index (κ3) is 8.75. The van der Waals surface area contributed by atoms with Crippen molar-refractivity contribution in [1.82, 2.24) is 14.6 Å². The van der Waals surface area contributed by atoms with Crippen LogP contribution in [0.25, 0.3) is 0 Å². The summed E-state index contributed by atoms with van der Waals surface area (Å²) in [5.74, 6) is -0.506. The molecule has 2 aromatic rings. The lowest BCUT2D eigenvalue weighted by atomic mass is 10.2. The van der Waals surface area contributed by atoms with Gasteiger partial charge in [0.2, 0.25) is 0 Å². The Bertz CT molecular complexity index is 1190. The molecule has 3 N–H and O–H groups in total. The van der Waals surface area contributed by atoms with Gasteiger partial charge < -0.3 is 19.1 Å². The van der Waals surface area contributed by atoms with Gasteiger partial charge in [-0.3, -0.25) is 23.7 Å². The van der Waals surface area contributed by atoms with E-state index in [2.05, 4.69) is 10.1 Å². The van der Waals surface area contributed by atoms with Crippen LogP contribution >= 0.6 is 7.75 Å². The molecule has 196 valence electrons. The number of carbonyl (C=O) groups excluding carboxylic acids is 1. The number of benzene rings is 1. The van der Waals surface area contributed by atoms with Crippen molar-refractivity contribution in [2.75, 3.05) is 13.2 Å². The number of aliphatic hydroxyl groups excluding tert-OH is 1. The standard InChI is InChI=1S/C22H29N4O9P/c1-4-32-21(29)15(2)25-36(31,35-17-8-6-5-7-9-17)33-14-18(16(3)27)34-20(10-12-23)26-13-11-19(28)24-22(26)30/h5-9,11,13,15-16,18,20,27H,4,10,14H2,1-3H3,(H,25,31)(H,24,28,30)/t15-,16-,18+,20+,36?/m0/s1. The second-order valence-corrected chi connectivity index (χ2v) is 9.24. The number of H-pyrrole nitrogens is 1. The fourth-order valence-corrected chi connectivity index (χ4v) is 4.38. The normalized spacial score (nSPS) is 16.1. The van der Waals surface area contributed by atoms with Crippen molar-refractivity contribution in [3.63, 3.8) is 0 Å². The molecule has 0 saturated heterocycles. The first kappa shape index (κ1) is 29.0. The van der Waals surface area contributed by atoms with Gasteiger partial charge in [-0.15, -0.1) is 0 Å². The van der Waals surface area contributed by atoms with Crippen molar-refractivity contribution >= 4 is 13.7 Å². The third-order valence-corrected chi connectivity index (χ3v) is 6.31. The van der Waals surface area contributed by atoms with Crippen LogP contribution in [0.2, 0.25) is 0 Å². The molecule has 1 aromatic carbocycles. The zero-order valence-corrected chi connectivity index (χ0v) is 20.9. The van der Waals surface area contributed by atoms with Crippen LogP contribution in [0.3, 0.4) is 0 Å². The number of nitrogens with zero attached hydrogens (tertiary/aromatic N) is 2. The van der Waals surface area contributed by atoms with E-state index in [1.165, 1.54) is 26.0 Å². The topological polar surface area (TPSA) is 182 Å². The molecule has 0 fully saturated rings. The molecule has 0 bridgehead atoms. The van der Waals surface area contributed by atoms with Gasteiger partial charge in [0.05, 0.1) is 31.8 Å². The molecule has 14 heteroatoms. The van der Waals surface area contributed by atoms with Crippen molar-refractivity contribution in [3.8, 4) is 11.8 Å². The summed E-state index contributed by atoms with van der Waals surface area (Å²) in [5, 5.41) is 21.9. The Morgan fingerprint density at radius 2 is 1.94 bits per heavy atom. The maximum atomic E-state index is 13.6. The first-order chi connectivity index (χ1) is 17.1. The Kier molecular flexibility index (Phi) is 11.0. The zero-order valence-electron chi connectivity index (χ0n) is 20.0. The molecule has 13 nitrogen and oxygen atoms in total. The molecule has 0 saturated carbocycles. The number of carbonyl (C=O) groups is 1. The Balaban J connectivity index is 2.26. The van der Waals surface area contributed by atoms with Crippen molar-refractivity contribution in [1.29, 1.82) is 5.26 Å². The highest BCUT2D eigenvalue weighted by Gasteiger charge is 2.34. The molecule has 0 radical (unpaired) electrons. The zero-order chi connectivity index (χ0) is 26.7. The molecule has 1 heterocycles. The number of aromatic nitrogens is 2. The predicted octanol–water partition coefficient (Wildman–Crippen LogP) is 1.46. The van der Waals surface area contributed by atoms with Gasteiger partial charge in [-0.25, -0.2) is 9.36 Å². The summed E-state index contributed by atoms with van der Waals surface area (Å²) in [7, 11) is -4.24. The second-order valence-electron chi connectivity index (χ2n) is 7.55. The van der Waals surface area contributed by atoms with Crippen molar-refractivity contribution < 1.29 is 33.0 Å². The number of hydrogen-bond acceptors (Lipinski definition) is 10. The largest absolute Gasteiger partial charge is 0.465 e. The minimum absolute atomic E-state index is 0.109. The Morgan fingerprint density at radius 3 is 2.53 bits per heavy atom. The van der Waals surface area contributed by atoms with E-state index in [1.807, 2.05) is 6.07 Å². The molecular weight excluding hydrogens is 495 g/mol. The van der Waals surface area contributed by atoms with Gasteiger partial charge in [-0.05, 0) is 32.9 Å². The second kappa shape index (κ2) is 13.7. The number of hydrogen-bond donors (Lipinski definition) is 3. The highest BCUT2D eigenvalue weighted by molar-refractivity contribution is 7.52. The minimum Gasteiger partial charge on any atom is -0.465 e. The number of nitrogens with one attached hydrogen (secondary N) is 2. The van der Waals surface area contributed by atoms with Crippen molar-refractivity contribution in [2.45, 2.75) is 51.7 Å². The third-order valence-electron chi connectivity index (χ3n) is 4.67. The Labute approximate surface area is 207 Å². The number of aliphatic hydroxyl groups is 1. The van der Waals surface area contributed by atoms with E-state index in [0.29, 0.717) is 0 Å². The van der Waals surface area contributed by atoms with E-state index in [9.17, 15) is 29.3 Å². The summed E-state index contributed by atoms with van der Waals surface area (Å²) in [6, 6.07) is 9.93. The fraction of sp³-hybridized carbons (Fsp3) is 0.455. The molecule has 5 atom stereocenters. The van der Waals surface area contributed by atoms with Crippen molar-refractivity contribution in [3.05, 3.63) is 63.4 Å². The van der Waals surface area contributed by atoms with Crippen LogP contribution in [0.5, 0.6) is 5.75 Å². The first-order valence-corrected chi connectivity index (χ1v) is 12.6. The summed E-state index contributed by atoms with van der Waals surface area (Å²) in [5.41, 5.74) is -1.46. The van der Waals surface area contributed by atoms with Crippen LogP contribution in [-0.4, -0.2) is 52.1 Å². The van der Waals surface area contributed by atoms with E-state index < -0.39 is 56.0 Å². The smallest absolute Gasteiger partial charge is 0.459 e. The van der Waals surface area contributed by atoms with Gasteiger partial charge in [0.15, 0.2) is 6.23 Å². The van der Waals surface area contributed by atoms with Gasteiger partial charge in [-0.2, -0.15) is 10.3 Å². The number of para-hydroxylation sites is 1. The molecule has 0 aliphatic rings. The molecule has 1 unspecified atom stereocenters. The van der Waals surface area contributed by atoms with Crippen LogP contribution in [0.15, 0.2) is 52.2 Å². The summed E-state index contributed by atoms with van der Waals surface area (Å²) in [6.45, 7) is 3.99. The van der Waals surface area contributed by atoms with Crippen LogP contribution in [-0.2, 0) is 23.4 Å². The minimum atomic E-state index is -4.24. The SMILES string of the molecule is CCOC(=O)[C@H](C)NP(=O)(OC[C@@H](O[C@H](CC#N)n1ccc(=O)[nH]c1=O)[C@H](C)O)Oc1ccccc1. The van der Waals surface area contributed by atoms with Crippen LogP contribution in [0.4, 0.5) is 0 Å². The van der Waals surface area contributed by atoms with Gasteiger partial charge in [0.1, 0.15) is 17.9 Å². The lowest BCUT2D eigenvalue weighted by Gasteiger charge is -2.28. The van der Waals surface area contributed by atoms with E-state index >= 15 is 0 Å². The number of rotatable bonds is 14. The molecular formula is C22H29N4O9P. The van der Waals surface area contributed by atoms with Gasteiger partial charge in [-0.1, -0.05) is 18.2 Å². The van der Waals surface area contributed by atoms with E-state index in [-0.39, 0.29) is 18.8 Å². The molecule has 0 aliphatic carbocycles. The lowest BCUT2D eigenvalue weighted by molar-refractivity contribution is -0.144. The Hall–Kier alpha value is -3.27. The molecule has 2 rings (SSSR count). The van der Waals surface area contributed by atoms with Gasteiger partial charge in [0.25, 0.3) is 5.56 Å². The maximum Gasteiger partial charge on any atom is 0.459 e. The van der Waals surface area contributed by atoms with E-state index in [1.54, 1.807) is 25.1 Å². The van der Waals surface area contributed by atoms with Crippen molar-refractivity contribution in [2.24, 2.45) is 0 Å². The highest BCUT2D eigenvalue weighted by atomic mass is 31.2. The first-order valence-electron chi connectivity index (χ1n) is 11.0. The molecule has 0 aliphatic heterocycles. The molecule has 1 aromatic heterocycles. The maximum absolute atomic E-state index is 13.6. The molecule has 0 spiro atoms. The number of ether oxygens (including phenoxy) is 2. The number of nitriles is 1.